The van der Waals surface area contributed by atoms with Crippen molar-refractivity contribution in [2.75, 3.05) is 11.5 Å². The van der Waals surface area contributed by atoms with Crippen LogP contribution in [0.1, 0.15) is 50.7 Å². The highest BCUT2D eigenvalue weighted by atomic mass is 32.2. The molecule has 1 unspecified atom stereocenters. The Morgan fingerprint density at radius 1 is 1.35 bits per heavy atom. The van der Waals surface area contributed by atoms with Gasteiger partial charge in [0.2, 0.25) is 0 Å². The van der Waals surface area contributed by atoms with Crippen LogP contribution in [0.3, 0.4) is 0 Å². The molecule has 0 saturated carbocycles. The van der Waals surface area contributed by atoms with Crippen LogP contribution in [-0.4, -0.2) is 22.5 Å². The van der Waals surface area contributed by atoms with Crippen LogP contribution in [0.5, 0.6) is 0 Å². The van der Waals surface area contributed by atoms with Crippen molar-refractivity contribution in [3.63, 3.8) is 0 Å². The molecule has 1 saturated heterocycles. The zero-order valence-electron chi connectivity index (χ0n) is 11.1. The normalized spacial score (nSPS) is 25.1. The molecule has 96 valence electrons. The van der Waals surface area contributed by atoms with Gasteiger partial charge in [0.1, 0.15) is 5.01 Å². The molecule has 1 aliphatic heterocycles. The van der Waals surface area contributed by atoms with Crippen molar-refractivity contribution in [3.8, 4) is 0 Å². The maximum atomic E-state index is 4.86. The summed E-state index contributed by atoms with van der Waals surface area (Å²) in [6.07, 6.45) is 1.21. The van der Waals surface area contributed by atoms with Crippen molar-refractivity contribution in [3.05, 3.63) is 16.1 Å². The molecule has 0 aliphatic carbocycles. The van der Waals surface area contributed by atoms with E-state index in [1.807, 2.05) is 23.1 Å². The fourth-order valence-electron chi connectivity index (χ4n) is 2.23. The van der Waals surface area contributed by atoms with E-state index in [0.717, 1.165) is 5.75 Å². The quantitative estimate of drug-likeness (QED) is 0.905. The van der Waals surface area contributed by atoms with Gasteiger partial charge in [-0.1, -0.05) is 13.8 Å². The zero-order chi connectivity index (χ0) is 12.5. The molecule has 4 heteroatoms. The van der Waals surface area contributed by atoms with Crippen molar-refractivity contribution in [2.24, 2.45) is 0 Å². The number of hydrogen-bond acceptors (Lipinski definition) is 4. The van der Waals surface area contributed by atoms with Gasteiger partial charge in [0.25, 0.3) is 0 Å². The van der Waals surface area contributed by atoms with Gasteiger partial charge in [-0.3, -0.25) is 0 Å². The monoisotopic (exact) mass is 270 g/mol. The number of nitrogens with one attached hydrogen (secondary N) is 1. The van der Waals surface area contributed by atoms with E-state index in [2.05, 4.69) is 38.4 Å². The molecule has 0 amide bonds. The van der Waals surface area contributed by atoms with E-state index in [9.17, 15) is 0 Å². The highest BCUT2D eigenvalue weighted by molar-refractivity contribution is 7.99. The lowest BCUT2D eigenvalue weighted by Crippen LogP contribution is -2.46. The van der Waals surface area contributed by atoms with Gasteiger partial charge >= 0.3 is 0 Å². The van der Waals surface area contributed by atoms with Crippen LogP contribution < -0.4 is 5.32 Å². The number of thioether (sulfide) groups is 1. The summed E-state index contributed by atoms with van der Waals surface area (Å²) in [5.74, 6) is 2.94. The van der Waals surface area contributed by atoms with Crippen molar-refractivity contribution >= 4 is 23.1 Å². The highest BCUT2D eigenvalue weighted by Crippen LogP contribution is 2.39. The van der Waals surface area contributed by atoms with E-state index in [1.165, 1.54) is 22.9 Å². The Morgan fingerprint density at radius 2 is 2.12 bits per heavy atom. The first-order valence-corrected chi connectivity index (χ1v) is 8.38. The summed E-state index contributed by atoms with van der Waals surface area (Å²) < 4.78 is 0. The fourth-order valence-corrected chi connectivity index (χ4v) is 4.85. The molecule has 1 N–H and O–H groups in total. The number of thiazole rings is 1. The number of nitrogens with zero attached hydrogens (tertiary/aromatic N) is 1. The van der Waals surface area contributed by atoms with Crippen LogP contribution in [-0.2, 0) is 5.54 Å². The number of rotatable bonds is 4. The summed E-state index contributed by atoms with van der Waals surface area (Å²) >= 11 is 3.87. The summed E-state index contributed by atoms with van der Waals surface area (Å²) in [7, 11) is 0. The van der Waals surface area contributed by atoms with Gasteiger partial charge < -0.3 is 5.32 Å². The Bertz CT molecular complexity index is 365. The summed E-state index contributed by atoms with van der Waals surface area (Å²) in [4.78, 5) is 4.86. The minimum Gasteiger partial charge on any atom is -0.302 e. The van der Waals surface area contributed by atoms with Crippen LogP contribution in [0.25, 0.3) is 0 Å². The first-order valence-electron chi connectivity index (χ1n) is 6.35. The summed E-state index contributed by atoms with van der Waals surface area (Å²) in [6.45, 7) is 8.87. The molecular formula is C13H22N2S2. The van der Waals surface area contributed by atoms with Gasteiger partial charge in [-0.15, -0.1) is 11.3 Å². The van der Waals surface area contributed by atoms with Crippen LogP contribution in [0.2, 0.25) is 0 Å². The highest BCUT2D eigenvalue weighted by Gasteiger charge is 2.39. The molecular weight excluding hydrogens is 248 g/mol. The molecule has 2 rings (SSSR count). The summed E-state index contributed by atoms with van der Waals surface area (Å²) in [5.41, 5.74) is 1.38. The third-order valence-electron chi connectivity index (χ3n) is 3.11. The Morgan fingerprint density at radius 3 is 2.59 bits per heavy atom. The first kappa shape index (κ1) is 13.4. The molecule has 0 radical (unpaired) electrons. The van der Waals surface area contributed by atoms with Crippen molar-refractivity contribution in [1.29, 1.82) is 0 Å². The molecule has 0 bridgehead atoms. The van der Waals surface area contributed by atoms with Gasteiger partial charge in [0.05, 0.1) is 11.2 Å². The average Bonchev–Trinajstić information content (AvgIpc) is 2.83. The molecule has 1 aromatic rings. The molecule has 0 spiro atoms. The smallest absolute Gasteiger partial charge is 0.114 e. The maximum absolute atomic E-state index is 4.86. The first-order chi connectivity index (χ1) is 8.03. The third-order valence-corrected chi connectivity index (χ3v) is 5.36. The van der Waals surface area contributed by atoms with Crippen LogP contribution in [0.4, 0.5) is 0 Å². The van der Waals surface area contributed by atoms with Crippen molar-refractivity contribution < 1.29 is 0 Å². The van der Waals surface area contributed by atoms with Crippen LogP contribution in [0, 0.1) is 0 Å². The van der Waals surface area contributed by atoms with E-state index < -0.39 is 0 Å². The molecule has 1 fully saturated rings. The van der Waals surface area contributed by atoms with Gasteiger partial charge in [-0.05, 0) is 31.9 Å². The number of hydrogen-bond donors (Lipinski definition) is 1. The Kier molecular flexibility index (Phi) is 4.16. The fraction of sp³-hybridized carbons (Fsp3) is 0.769. The Labute approximate surface area is 113 Å². The Hall–Kier alpha value is -0.0600. The minimum absolute atomic E-state index is 0.136. The topological polar surface area (TPSA) is 24.9 Å². The van der Waals surface area contributed by atoms with Gasteiger partial charge in [0.15, 0.2) is 0 Å². The largest absolute Gasteiger partial charge is 0.302 e. The SMILES string of the molecule is CC(C)NC1(c2nc(C(C)C)cs2)CCSC1. The predicted molar refractivity (Wildman–Crippen MR) is 78.1 cm³/mol. The van der Waals surface area contributed by atoms with Crippen LogP contribution >= 0.6 is 23.1 Å². The predicted octanol–water partition coefficient (Wildman–Crippen LogP) is 3.60. The Balaban J connectivity index is 2.25. The van der Waals surface area contributed by atoms with Crippen LogP contribution in [0.15, 0.2) is 5.38 Å². The lowest BCUT2D eigenvalue weighted by molar-refractivity contribution is 0.341. The second-order valence-electron chi connectivity index (χ2n) is 5.42. The van der Waals surface area contributed by atoms with Gasteiger partial charge in [-0.25, -0.2) is 4.98 Å². The molecule has 0 aromatic carbocycles. The second-order valence-corrected chi connectivity index (χ2v) is 7.38. The summed E-state index contributed by atoms with van der Waals surface area (Å²) in [5, 5.41) is 7.27. The second kappa shape index (κ2) is 5.29. The zero-order valence-corrected chi connectivity index (χ0v) is 12.8. The molecule has 1 aromatic heterocycles. The lowest BCUT2D eigenvalue weighted by atomic mass is 9.98. The van der Waals surface area contributed by atoms with E-state index in [4.69, 9.17) is 4.98 Å². The summed E-state index contributed by atoms with van der Waals surface area (Å²) in [6, 6.07) is 0.514. The molecule has 17 heavy (non-hydrogen) atoms. The molecule has 1 atom stereocenters. The van der Waals surface area contributed by atoms with Gasteiger partial charge in [-0.2, -0.15) is 11.8 Å². The minimum atomic E-state index is 0.136. The molecule has 2 heterocycles. The standard InChI is InChI=1S/C13H22N2S2/c1-9(2)11-7-17-12(14-11)13(15-10(3)4)5-6-16-8-13/h7,9-10,15H,5-6,8H2,1-4H3. The average molecular weight is 270 g/mol. The lowest BCUT2D eigenvalue weighted by Gasteiger charge is -2.30. The van der Waals surface area contributed by atoms with Gasteiger partial charge in [0, 0.05) is 17.2 Å². The van der Waals surface area contributed by atoms with E-state index >= 15 is 0 Å². The molecule has 1 aliphatic rings. The molecule has 2 nitrogen and oxygen atoms in total. The van der Waals surface area contributed by atoms with Crippen molar-refractivity contribution in [1.82, 2.24) is 10.3 Å². The van der Waals surface area contributed by atoms with E-state index in [1.54, 1.807) is 0 Å². The maximum Gasteiger partial charge on any atom is 0.114 e. The van der Waals surface area contributed by atoms with E-state index in [0.29, 0.717) is 12.0 Å². The third kappa shape index (κ3) is 2.85. The van der Waals surface area contributed by atoms with E-state index in [-0.39, 0.29) is 5.54 Å². The number of aromatic nitrogens is 1. The van der Waals surface area contributed by atoms with Crippen molar-refractivity contribution in [2.45, 2.75) is 51.6 Å².